The average Bonchev–Trinajstić information content (AvgIpc) is 2.80. The lowest BCUT2D eigenvalue weighted by molar-refractivity contribution is -0.129. The molecule has 0 aromatic heterocycles. The molecule has 156 valence electrons. The second kappa shape index (κ2) is 7.70. The predicted molar refractivity (Wildman–Crippen MR) is 104 cm³/mol. The van der Waals surface area contributed by atoms with Gasteiger partial charge in [0.15, 0.2) is 0 Å². The van der Waals surface area contributed by atoms with E-state index < -0.39 is 35.1 Å². The van der Waals surface area contributed by atoms with Crippen molar-refractivity contribution < 1.29 is 23.8 Å². The van der Waals surface area contributed by atoms with Gasteiger partial charge in [-0.3, -0.25) is 9.69 Å². The number of aliphatic hydroxyl groups excluding tert-OH is 1. The molecule has 2 atom stereocenters. The van der Waals surface area contributed by atoms with Crippen LogP contribution < -0.4 is 0 Å². The summed E-state index contributed by atoms with van der Waals surface area (Å²) in [5.41, 5.74) is -0.328. The maximum atomic E-state index is 14.4. The van der Waals surface area contributed by atoms with Gasteiger partial charge in [0, 0.05) is 18.9 Å². The lowest BCUT2D eigenvalue weighted by Crippen LogP contribution is -2.52. The number of amides is 2. The molecular weight excluding hydrogens is 363 g/mol. The van der Waals surface area contributed by atoms with E-state index in [1.807, 2.05) is 20.8 Å². The molecule has 7 heteroatoms. The quantitative estimate of drug-likeness (QED) is 0.854. The summed E-state index contributed by atoms with van der Waals surface area (Å²) in [5.74, 6) is -0.740. The summed E-state index contributed by atoms with van der Waals surface area (Å²) in [7, 11) is 1.65. The molecule has 1 aromatic rings. The van der Waals surface area contributed by atoms with E-state index in [1.165, 1.54) is 28.0 Å². The molecule has 2 rings (SSSR count). The molecule has 1 aliphatic rings. The molecule has 0 spiro atoms. The van der Waals surface area contributed by atoms with Gasteiger partial charge in [-0.2, -0.15) is 0 Å². The Kier molecular flexibility index (Phi) is 6.09. The van der Waals surface area contributed by atoms with Crippen LogP contribution in [0.1, 0.15) is 52.7 Å². The predicted octanol–water partition coefficient (Wildman–Crippen LogP) is 3.31. The SMILES string of the molecule is CN1C(=O)C(Cc2cc(CO)ccc2F)N(C(=O)OC(C)(C)C)C1C(C)(C)C. The van der Waals surface area contributed by atoms with Crippen LogP contribution in [0.4, 0.5) is 9.18 Å². The topological polar surface area (TPSA) is 70.1 Å². The summed E-state index contributed by atoms with van der Waals surface area (Å²) in [6, 6.07) is 3.40. The normalized spacial score (nSPS) is 20.7. The van der Waals surface area contributed by atoms with Crippen LogP contribution in [-0.2, 0) is 22.6 Å². The Hall–Kier alpha value is -2.15. The molecule has 1 fully saturated rings. The summed E-state index contributed by atoms with van der Waals surface area (Å²) >= 11 is 0. The minimum atomic E-state index is -0.882. The molecule has 1 aromatic carbocycles. The van der Waals surface area contributed by atoms with Crippen LogP contribution in [0.5, 0.6) is 0 Å². The molecule has 1 heterocycles. The van der Waals surface area contributed by atoms with Gasteiger partial charge < -0.3 is 14.7 Å². The highest BCUT2D eigenvalue weighted by Crippen LogP contribution is 2.36. The van der Waals surface area contributed by atoms with Crippen molar-refractivity contribution in [2.75, 3.05) is 7.05 Å². The van der Waals surface area contributed by atoms with E-state index in [9.17, 15) is 19.1 Å². The van der Waals surface area contributed by atoms with Crippen LogP contribution in [-0.4, -0.2) is 51.8 Å². The number of benzene rings is 1. The minimum absolute atomic E-state index is 0.00860. The highest BCUT2D eigenvalue weighted by atomic mass is 19.1. The Morgan fingerprint density at radius 2 is 1.82 bits per heavy atom. The van der Waals surface area contributed by atoms with Crippen molar-refractivity contribution in [1.82, 2.24) is 9.80 Å². The van der Waals surface area contributed by atoms with Gasteiger partial charge in [-0.15, -0.1) is 0 Å². The summed E-state index contributed by atoms with van der Waals surface area (Å²) in [5, 5.41) is 9.34. The zero-order valence-electron chi connectivity index (χ0n) is 17.7. The Labute approximate surface area is 166 Å². The van der Waals surface area contributed by atoms with Crippen LogP contribution in [0.3, 0.4) is 0 Å². The summed E-state index contributed by atoms with van der Waals surface area (Å²) in [6.45, 7) is 10.9. The van der Waals surface area contributed by atoms with E-state index in [0.717, 1.165) is 0 Å². The van der Waals surface area contributed by atoms with Gasteiger partial charge in [-0.1, -0.05) is 32.9 Å². The number of rotatable bonds is 3. The van der Waals surface area contributed by atoms with Crippen LogP contribution in [0.2, 0.25) is 0 Å². The Morgan fingerprint density at radius 3 is 2.32 bits per heavy atom. The monoisotopic (exact) mass is 394 g/mol. The number of nitrogens with zero attached hydrogens (tertiary/aromatic N) is 2. The van der Waals surface area contributed by atoms with Crippen molar-refractivity contribution in [1.29, 1.82) is 0 Å². The average molecular weight is 394 g/mol. The molecule has 1 N–H and O–H groups in total. The second-order valence-electron chi connectivity index (χ2n) is 9.38. The largest absolute Gasteiger partial charge is 0.444 e. The van der Waals surface area contributed by atoms with Crippen molar-refractivity contribution in [2.24, 2.45) is 5.41 Å². The highest BCUT2D eigenvalue weighted by Gasteiger charge is 2.52. The molecule has 0 bridgehead atoms. The molecule has 1 saturated heterocycles. The number of aliphatic hydroxyl groups is 1. The van der Waals surface area contributed by atoms with Gasteiger partial charge in [0.05, 0.1) is 6.61 Å². The summed E-state index contributed by atoms with van der Waals surface area (Å²) in [6.07, 6.45) is -1.12. The maximum Gasteiger partial charge on any atom is 0.412 e. The van der Waals surface area contributed by atoms with Crippen LogP contribution in [0.15, 0.2) is 18.2 Å². The number of carbonyl (C=O) groups is 2. The first-order chi connectivity index (χ1) is 12.8. The van der Waals surface area contributed by atoms with Crippen molar-refractivity contribution in [3.05, 3.63) is 35.1 Å². The van der Waals surface area contributed by atoms with Crippen molar-refractivity contribution >= 4 is 12.0 Å². The Bertz CT molecular complexity index is 752. The Morgan fingerprint density at radius 1 is 1.21 bits per heavy atom. The van der Waals surface area contributed by atoms with E-state index in [-0.39, 0.29) is 24.5 Å². The first-order valence-electron chi connectivity index (χ1n) is 9.42. The number of halogens is 1. The fourth-order valence-corrected chi connectivity index (χ4v) is 3.65. The first kappa shape index (κ1) is 22.1. The lowest BCUT2D eigenvalue weighted by Gasteiger charge is -2.39. The molecule has 0 aliphatic carbocycles. The lowest BCUT2D eigenvalue weighted by atomic mass is 9.91. The highest BCUT2D eigenvalue weighted by molar-refractivity contribution is 5.89. The zero-order valence-corrected chi connectivity index (χ0v) is 17.7. The molecule has 28 heavy (non-hydrogen) atoms. The first-order valence-corrected chi connectivity index (χ1v) is 9.42. The molecular formula is C21H31FN2O4. The third kappa shape index (κ3) is 4.63. The summed E-state index contributed by atoms with van der Waals surface area (Å²) in [4.78, 5) is 29.0. The van der Waals surface area contributed by atoms with Crippen LogP contribution in [0, 0.1) is 11.2 Å². The molecule has 0 saturated carbocycles. The van der Waals surface area contributed by atoms with Crippen LogP contribution in [0.25, 0.3) is 0 Å². The zero-order chi connectivity index (χ0) is 21.4. The van der Waals surface area contributed by atoms with Gasteiger partial charge >= 0.3 is 6.09 Å². The van der Waals surface area contributed by atoms with Gasteiger partial charge in [-0.05, 0) is 38.0 Å². The van der Waals surface area contributed by atoms with E-state index in [2.05, 4.69) is 0 Å². The minimum Gasteiger partial charge on any atom is -0.444 e. The van der Waals surface area contributed by atoms with E-state index in [1.54, 1.807) is 27.8 Å². The number of ether oxygens (including phenoxy) is 1. The van der Waals surface area contributed by atoms with E-state index in [4.69, 9.17) is 4.74 Å². The number of hydrogen-bond acceptors (Lipinski definition) is 4. The molecule has 2 unspecified atom stereocenters. The third-order valence-corrected chi connectivity index (χ3v) is 4.68. The number of carbonyl (C=O) groups excluding carboxylic acids is 2. The van der Waals surface area contributed by atoms with Gasteiger partial charge in [0.1, 0.15) is 23.6 Å². The molecule has 2 amide bonds. The maximum absolute atomic E-state index is 14.4. The van der Waals surface area contributed by atoms with Gasteiger partial charge in [0.25, 0.3) is 0 Å². The smallest absolute Gasteiger partial charge is 0.412 e. The fraction of sp³-hybridized carbons (Fsp3) is 0.619. The summed E-state index contributed by atoms with van der Waals surface area (Å²) < 4.78 is 19.9. The molecule has 1 aliphatic heterocycles. The molecule has 0 radical (unpaired) electrons. The van der Waals surface area contributed by atoms with E-state index in [0.29, 0.717) is 5.56 Å². The van der Waals surface area contributed by atoms with Crippen LogP contribution >= 0.6 is 0 Å². The number of hydrogen-bond donors (Lipinski definition) is 1. The van der Waals surface area contributed by atoms with Crippen molar-refractivity contribution in [3.8, 4) is 0 Å². The van der Waals surface area contributed by atoms with Crippen molar-refractivity contribution in [2.45, 2.75) is 72.4 Å². The van der Waals surface area contributed by atoms with Crippen molar-refractivity contribution in [3.63, 3.8) is 0 Å². The Balaban J connectivity index is 2.47. The third-order valence-electron chi connectivity index (χ3n) is 4.68. The standard InChI is InChI=1S/C21H31FN2O4/c1-20(2,3)18-23(7)17(26)16(24(18)19(27)28-21(4,5)6)11-14-10-13(12-25)8-9-15(14)22/h8-10,16,18,25H,11-12H2,1-7H3. The fourth-order valence-electron chi connectivity index (χ4n) is 3.65. The number of likely N-dealkylation sites (N-methyl/N-ethyl adjacent to an activating group) is 1. The van der Waals surface area contributed by atoms with Gasteiger partial charge in [0.2, 0.25) is 5.91 Å². The second-order valence-corrected chi connectivity index (χ2v) is 9.38. The molecule has 6 nitrogen and oxygen atoms in total. The van der Waals surface area contributed by atoms with E-state index >= 15 is 0 Å². The van der Waals surface area contributed by atoms with Gasteiger partial charge in [-0.25, -0.2) is 9.18 Å².